The van der Waals surface area contributed by atoms with Crippen LogP contribution in [0, 0.1) is 17.6 Å². The molecule has 3 aliphatic heterocycles. The van der Waals surface area contributed by atoms with E-state index in [1.54, 1.807) is 4.90 Å². The molecule has 0 bridgehead atoms. The van der Waals surface area contributed by atoms with Crippen molar-refractivity contribution in [2.45, 2.75) is 37.2 Å². The highest BCUT2D eigenvalue weighted by molar-refractivity contribution is 9.10. The van der Waals surface area contributed by atoms with E-state index in [-0.39, 0.29) is 17.2 Å². The Morgan fingerprint density at radius 1 is 1.14 bits per heavy atom. The zero-order chi connectivity index (χ0) is 25.3. The maximum absolute atomic E-state index is 13.3. The Morgan fingerprint density at radius 2 is 1.83 bits per heavy atom. The summed E-state index contributed by atoms with van der Waals surface area (Å²) in [4.78, 5) is 16.7. The molecule has 2 N–H and O–H groups in total. The van der Waals surface area contributed by atoms with Gasteiger partial charge in [-0.1, -0.05) is 22.0 Å². The van der Waals surface area contributed by atoms with E-state index < -0.39 is 17.7 Å². The molecule has 3 heterocycles. The quantitative estimate of drug-likeness (QED) is 0.517. The highest BCUT2D eigenvalue weighted by Gasteiger charge is 2.43. The zero-order valence-electron chi connectivity index (χ0n) is 20.2. The molecule has 2 fully saturated rings. The summed E-state index contributed by atoms with van der Waals surface area (Å²) in [6.07, 6.45) is 6.02. The van der Waals surface area contributed by atoms with Gasteiger partial charge in [-0.3, -0.25) is 4.79 Å². The van der Waals surface area contributed by atoms with Crippen LogP contribution in [0.25, 0.3) is 6.08 Å². The van der Waals surface area contributed by atoms with Gasteiger partial charge < -0.3 is 20.2 Å². The van der Waals surface area contributed by atoms with E-state index in [0.29, 0.717) is 25.2 Å². The molecule has 0 aromatic heterocycles. The molecule has 0 radical (unpaired) electrons. The largest absolute Gasteiger partial charge is 0.392 e. The van der Waals surface area contributed by atoms with Crippen molar-refractivity contribution in [2.75, 3.05) is 44.6 Å². The van der Waals surface area contributed by atoms with Crippen molar-refractivity contribution in [3.63, 3.8) is 0 Å². The molecule has 5 rings (SSSR count). The normalized spacial score (nSPS) is 21.1. The average Bonchev–Trinajstić information content (AvgIpc) is 3.23. The highest BCUT2D eigenvalue weighted by atomic mass is 79.9. The first-order valence-corrected chi connectivity index (χ1v) is 13.5. The number of carbonyl (C=O) groups excluding carboxylic acids is 1. The van der Waals surface area contributed by atoms with Gasteiger partial charge in [-0.15, -0.1) is 0 Å². The lowest BCUT2D eigenvalue weighted by Gasteiger charge is -2.41. The van der Waals surface area contributed by atoms with Gasteiger partial charge in [0.25, 0.3) is 0 Å². The maximum Gasteiger partial charge on any atom is 0.246 e. The van der Waals surface area contributed by atoms with Gasteiger partial charge in [-0.2, -0.15) is 0 Å². The van der Waals surface area contributed by atoms with Gasteiger partial charge >= 0.3 is 0 Å². The fraction of sp³-hybridized carbons (Fsp3) is 0.464. The number of piperidine rings is 2. The molecule has 0 aliphatic carbocycles. The lowest BCUT2D eigenvalue weighted by Crippen LogP contribution is -2.48. The Morgan fingerprint density at radius 3 is 2.53 bits per heavy atom. The van der Waals surface area contributed by atoms with Crippen LogP contribution in [0.15, 0.2) is 46.9 Å². The number of aliphatic hydroxyl groups excluding tert-OH is 1. The van der Waals surface area contributed by atoms with Crippen molar-refractivity contribution < 1.29 is 18.7 Å². The van der Waals surface area contributed by atoms with Crippen molar-refractivity contribution in [3.05, 3.63) is 69.7 Å². The van der Waals surface area contributed by atoms with Gasteiger partial charge in [0.15, 0.2) is 0 Å². The third-order valence-electron chi connectivity index (χ3n) is 8.12. The minimum absolute atomic E-state index is 0.160. The molecule has 2 aromatic rings. The van der Waals surface area contributed by atoms with Crippen LogP contribution in [-0.2, 0) is 10.2 Å². The molecule has 0 saturated carbocycles. The Bertz CT molecular complexity index is 1120. The molecular weight excluding hydrogens is 528 g/mol. The summed E-state index contributed by atoms with van der Waals surface area (Å²) in [5.74, 6) is -1.35. The van der Waals surface area contributed by atoms with Crippen LogP contribution in [0.4, 0.5) is 14.5 Å². The Hall–Kier alpha value is -2.29. The van der Waals surface area contributed by atoms with Crippen molar-refractivity contribution in [1.82, 2.24) is 9.80 Å². The van der Waals surface area contributed by atoms with Crippen molar-refractivity contribution in [3.8, 4) is 0 Å². The summed E-state index contributed by atoms with van der Waals surface area (Å²) in [6.45, 7) is 4.70. The van der Waals surface area contributed by atoms with Crippen LogP contribution in [-0.4, -0.2) is 66.2 Å². The SMILES string of the molecule is O=C(/C=C/c1cc(F)cc(F)c1)N1CCC(C(O)CN2CCC3(CC2)CNc2cccc(Br)c23)CC1. The fourth-order valence-corrected chi connectivity index (χ4v) is 6.80. The van der Waals surface area contributed by atoms with Crippen LogP contribution < -0.4 is 5.32 Å². The van der Waals surface area contributed by atoms with Crippen LogP contribution in [0.5, 0.6) is 0 Å². The van der Waals surface area contributed by atoms with Crippen LogP contribution >= 0.6 is 15.9 Å². The molecule has 36 heavy (non-hydrogen) atoms. The second-order valence-electron chi connectivity index (χ2n) is 10.4. The van der Waals surface area contributed by atoms with Crippen molar-refractivity contribution in [2.24, 2.45) is 5.92 Å². The molecule has 1 amide bonds. The molecule has 2 saturated heterocycles. The monoisotopic (exact) mass is 559 g/mol. The Labute approximate surface area is 219 Å². The molecular formula is C28H32BrF2N3O2. The third kappa shape index (κ3) is 5.36. The van der Waals surface area contributed by atoms with E-state index in [1.165, 1.54) is 40.0 Å². The summed E-state index contributed by atoms with van der Waals surface area (Å²) < 4.78 is 27.9. The number of rotatable bonds is 5. The fourth-order valence-electron chi connectivity index (χ4n) is 6.02. The maximum atomic E-state index is 13.3. The van der Waals surface area contributed by atoms with Crippen LogP contribution in [0.1, 0.15) is 36.8 Å². The molecule has 1 atom stereocenters. The van der Waals surface area contributed by atoms with E-state index in [2.05, 4.69) is 44.3 Å². The van der Waals surface area contributed by atoms with Gasteiger partial charge in [-0.05, 0) is 86.2 Å². The van der Waals surface area contributed by atoms with E-state index in [1.807, 2.05) is 0 Å². The second-order valence-corrected chi connectivity index (χ2v) is 11.2. The van der Waals surface area contributed by atoms with Crippen molar-refractivity contribution in [1.29, 1.82) is 0 Å². The predicted molar refractivity (Wildman–Crippen MR) is 141 cm³/mol. The van der Waals surface area contributed by atoms with E-state index in [4.69, 9.17) is 0 Å². The molecule has 1 unspecified atom stereocenters. The number of hydrogen-bond donors (Lipinski definition) is 2. The number of benzene rings is 2. The number of halogens is 3. The second kappa shape index (κ2) is 10.6. The molecule has 2 aromatic carbocycles. The van der Waals surface area contributed by atoms with E-state index in [9.17, 15) is 18.7 Å². The first-order valence-electron chi connectivity index (χ1n) is 12.7. The van der Waals surface area contributed by atoms with Crippen LogP contribution in [0.3, 0.4) is 0 Å². The van der Waals surface area contributed by atoms with Gasteiger partial charge in [0.05, 0.1) is 6.10 Å². The zero-order valence-corrected chi connectivity index (χ0v) is 21.8. The topological polar surface area (TPSA) is 55.8 Å². The molecule has 3 aliphatic rings. The first kappa shape index (κ1) is 25.4. The lowest BCUT2D eigenvalue weighted by atomic mass is 9.74. The van der Waals surface area contributed by atoms with Gasteiger partial charge in [-0.25, -0.2) is 8.78 Å². The lowest BCUT2D eigenvalue weighted by molar-refractivity contribution is -0.128. The number of fused-ring (bicyclic) bond motifs is 2. The van der Waals surface area contributed by atoms with Gasteiger partial charge in [0.2, 0.25) is 5.91 Å². The summed E-state index contributed by atoms with van der Waals surface area (Å²) in [5.41, 5.74) is 3.11. The smallest absolute Gasteiger partial charge is 0.246 e. The summed E-state index contributed by atoms with van der Waals surface area (Å²) in [6, 6.07) is 9.54. The van der Waals surface area contributed by atoms with E-state index in [0.717, 1.165) is 51.4 Å². The summed E-state index contributed by atoms with van der Waals surface area (Å²) in [7, 11) is 0. The van der Waals surface area contributed by atoms with Gasteiger partial charge in [0.1, 0.15) is 11.6 Å². The number of nitrogens with one attached hydrogen (secondary N) is 1. The molecule has 192 valence electrons. The number of amides is 1. The number of hydrogen-bond acceptors (Lipinski definition) is 4. The summed E-state index contributed by atoms with van der Waals surface area (Å²) >= 11 is 3.75. The number of carbonyl (C=O) groups is 1. The van der Waals surface area contributed by atoms with Crippen LogP contribution in [0.2, 0.25) is 0 Å². The average molecular weight is 560 g/mol. The molecule has 1 spiro atoms. The standard InChI is InChI=1S/C28H32BrF2N3O2/c29-23-2-1-3-24-27(23)28(18-32-24)8-12-33(13-9-28)17-25(35)20-6-10-34(11-7-20)26(36)5-4-19-14-21(30)16-22(31)15-19/h1-5,14-16,20,25,32,35H,6-13,17-18H2/b5-4+. The Kier molecular flexibility index (Phi) is 7.47. The number of β-amino-alcohol motifs (C(OH)–C–C–N with tert-alkyl or cyclic N) is 1. The highest BCUT2D eigenvalue weighted by Crippen LogP contribution is 2.47. The number of nitrogens with zero attached hydrogens (tertiary/aromatic N) is 2. The summed E-state index contributed by atoms with van der Waals surface area (Å²) in [5, 5.41) is 14.5. The minimum Gasteiger partial charge on any atom is -0.392 e. The number of anilines is 1. The molecule has 8 heteroatoms. The number of likely N-dealkylation sites (tertiary alicyclic amines) is 2. The Balaban J connectivity index is 1.09. The predicted octanol–water partition coefficient (Wildman–Crippen LogP) is 4.80. The van der Waals surface area contributed by atoms with E-state index >= 15 is 0 Å². The minimum atomic E-state index is -0.668. The molecule has 5 nitrogen and oxygen atoms in total. The van der Waals surface area contributed by atoms with Gasteiger partial charge in [0, 0.05) is 53.9 Å². The first-order chi connectivity index (χ1) is 17.3. The third-order valence-corrected chi connectivity index (χ3v) is 8.78. The van der Waals surface area contributed by atoms with Crippen molar-refractivity contribution >= 4 is 33.6 Å². The number of aliphatic hydroxyl groups is 1.